The molecule has 0 unspecified atom stereocenters. The van der Waals surface area contributed by atoms with Crippen LogP contribution >= 0.6 is 11.3 Å². The summed E-state index contributed by atoms with van der Waals surface area (Å²) in [5, 5.41) is 5.19. The second kappa shape index (κ2) is 9.71. The number of morpholine rings is 1. The van der Waals surface area contributed by atoms with Crippen molar-refractivity contribution in [3.63, 3.8) is 0 Å². The number of hydrogen-bond donors (Lipinski definition) is 1. The van der Waals surface area contributed by atoms with Gasteiger partial charge in [-0.25, -0.2) is 0 Å². The van der Waals surface area contributed by atoms with E-state index in [0.29, 0.717) is 24.5 Å². The SMILES string of the molecule is CCCOc1ccccc1C(=O)NC[C@H](c1cccs1)N1CCOCC1. The van der Waals surface area contributed by atoms with Crippen LogP contribution in [0, 0.1) is 0 Å². The minimum atomic E-state index is -0.0912. The maximum Gasteiger partial charge on any atom is 0.255 e. The van der Waals surface area contributed by atoms with Gasteiger partial charge in [0.1, 0.15) is 5.75 Å². The molecular weight excluding hydrogens is 348 g/mol. The first-order chi connectivity index (χ1) is 12.8. The van der Waals surface area contributed by atoms with Gasteiger partial charge in [-0.1, -0.05) is 25.1 Å². The lowest BCUT2D eigenvalue weighted by Gasteiger charge is -2.34. The quantitative estimate of drug-likeness (QED) is 0.770. The zero-order valence-corrected chi connectivity index (χ0v) is 16.0. The van der Waals surface area contributed by atoms with Crippen LogP contribution < -0.4 is 10.1 Å². The maximum atomic E-state index is 12.8. The molecule has 3 rings (SSSR count). The molecule has 2 heterocycles. The Morgan fingerprint density at radius 1 is 1.27 bits per heavy atom. The van der Waals surface area contributed by atoms with Crippen molar-refractivity contribution >= 4 is 17.2 Å². The van der Waals surface area contributed by atoms with E-state index in [-0.39, 0.29) is 11.9 Å². The van der Waals surface area contributed by atoms with Crippen molar-refractivity contribution in [1.82, 2.24) is 10.2 Å². The number of ether oxygens (including phenoxy) is 2. The number of rotatable bonds is 8. The first kappa shape index (κ1) is 18.9. The van der Waals surface area contributed by atoms with Crippen LogP contribution in [0.25, 0.3) is 0 Å². The third kappa shape index (κ3) is 4.84. The highest BCUT2D eigenvalue weighted by Crippen LogP contribution is 2.26. The van der Waals surface area contributed by atoms with E-state index in [4.69, 9.17) is 9.47 Å². The highest BCUT2D eigenvalue weighted by atomic mass is 32.1. The Morgan fingerprint density at radius 3 is 2.81 bits per heavy atom. The predicted molar refractivity (Wildman–Crippen MR) is 104 cm³/mol. The van der Waals surface area contributed by atoms with Crippen molar-refractivity contribution < 1.29 is 14.3 Å². The fourth-order valence-corrected chi connectivity index (χ4v) is 3.92. The number of hydrogen-bond acceptors (Lipinski definition) is 5. The summed E-state index contributed by atoms with van der Waals surface area (Å²) in [4.78, 5) is 16.4. The van der Waals surface area contributed by atoms with Gasteiger partial charge in [-0.05, 0) is 30.0 Å². The number of para-hydroxylation sites is 1. The molecule has 1 aromatic heterocycles. The molecule has 6 heteroatoms. The van der Waals surface area contributed by atoms with Gasteiger partial charge in [0.25, 0.3) is 5.91 Å². The fraction of sp³-hybridized carbons (Fsp3) is 0.450. The van der Waals surface area contributed by atoms with Crippen LogP contribution in [0.15, 0.2) is 41.8 Å². The predicted octanol–water partition coefficient (Wildman–Crippen LogP) is 3.34. The lowest BCUT2D eigenvalue weighted by molar-refractivity contribution is 0.0169. The summed E-state index contributed by atoms with van der Waals surface area (Å²) in [6.07, 6.45) is 0.910. The Hall–Kier alpha value is -1.89. The van der Waals surface area contributed by atoms with Crippen LogP contribution in [0.5, 0.6) is 5.75 Å². The van der Waals surface area contributed by atoms with Crippen molar-refractivity contribution in [3.8, 4) is 5.75 Å². The lowest BCUT2D eigenvalue weighted by Crippen LogP contribution is -2.43. The summed E-state index contributed by atoms with van der Waals surface area (Å²) in [7, 11) is 0. The molecule has 1 amide bonds. The molecule has 0 saturated carbocycles. The first-order valence-electron chi connectivity index (χ1n) is 9.15. The molecular formula is C20H26N2O3S. The molecule has 1 fully saturated rings. The number of nitrogens with zero attached hydrogens (tertiary/aromatic N) is 1. The van der Waals surface area contributed by atoms with Gasteiger partial charge < -0.3 is 14.8 Å². The van der Waals surface area contributed by atoms with Gasteiger partial charge in [0.05, 0.1) is 31.4 Å². The number of benzene rings is 1. The van der Waals surface area contributed by atoms with Crippen LogP contribution in [0.4, 0.5) is 0 Å². The Morgan fingerprint density at radius 2 is 2.08 bits per heavy atom. The van der Waals surface area contributed by atoms with E-state index >= 15 is 0 Å². The van der Waals surface area contributed by atoms with Crippen LogP contribution in [0.2, 0.25) is 0 Å². The van der Waals surface area contributed by atoms with E-state index in [9.17, 15) is 4.79 Å². The summed E-state index contributed by atoms with van der Waals surface area (Å²) in [5.41, 5.74) is 0.591. The molecule has 1 aromatic carbocycles. The van der Waals surface area contributed by atoms with Gasteiger partial charge in [-0.15, -0.1) is 11.3 Å². The molecule has 0 aliphatic carbocycles. The summed E-state index contributed by atoms with van der Waals surface area (Å²) in [5.74, 6) is 0.553. The molecule has 0 bridgehead atoms. The average molecular weight is 375 g/mol. The number of carbonyl (C=O) groups is 1. The smallest absolute Gasteiger partial charge is 0.255 e. The molecule has 1 N–H and O–H groups in total. The van der Waals surface area contributed by atoms with Gasteiger partial charge in [-0.3, -0.25) is 9.69 Å². The van der Waals surface area contributed by atoms with Gasteiger partial charge in [0.15, 0.2) is 0 Å². The highest BCUT2D eigenvalue weighted by molar-refractivity contribution is 7.10. The molecule has 2 aromatic rings. The molecule has 0 spiro atoms. The van der Waals surface area contributed by atoms with Crippen LogP contribution in [0.3, 0.4) is 0 Å². The largest absolute Gasteiger partial charge is 0.493 e. The zero-order chi connectivity index (χ0) is 18.2. The topological polar surface area (TPSA) is 50.8 Å². The van der Waals surface area contributed by atoms with Crippen LogP contribution in [-0.4, -0.2) is 50.3 Å². The van der Waals surface area contributed by atoms with Crippen molar-refractivity contribution in [2.24, 2.45) is 0 Å². The van der Waals surface area contributed by atoms with Crippen molar-refractivity contribution in [2.75, 3.05) is 39.5 Å². The summed E-state index contributed by atoms with van der Waals surface area (Å²) in [6, 6.07) is 11.8. The molecule has 1 saturated heterocycles. The molecule has 5 nitrogen and oxygen atoms in total. The van der Waals surface area contributed by atoms with Crippen molar-refractivity contribution in [3.05, 3.63) is 52.2 Å². The van der Waals surface area contributed by atoms with Crippen LogP contribution in [0.1, 0.15) is 34.6 Å². The van der Waals surface area contributed by atoms with Crippen molar-refractivity contribution in [1.29, 1.82) is 0 Å². The second-order valence-electron chi connectivity index (χ2n) is 6.23. The lowest BCUT2D eigenvalue weighted by atomic mass is 10.1. The fourth-order valence-electron chi connectivity index (χ4n) is 3.06. The van der Waals surface area contributed by atoms with Gasteiger partial charge >= 0.3 is 0 Å². The van der Waals surface area contributed by atoms with E-state index in [2.05, 4.69) is 34.7 Å². The van der Waals surface area contributed by atoms with Gasteiger partial charge in [0, 0.05) is 24.5 Å². The summed E-state index contributed by atoms with van der Waals surface area (Å²) >= 11 is 1.73. The van der Waals surface area contributed by atoms with Gasteiger partial charge in [0.2, 0.25) is 0 Å². The summed E-state index contributed by atoms with van der Waals surface area (Å²) < 4.78 is 11.2. The molecule has 26 heavy (non-hydrogen) atoms. The van der Waals surface area contributed by atoms with E-state index in [1.165, 1.54) is 4.88 Å². The van der Waals surface area contributed by atoms with E-state index < -0.39 is 0 Å². The second-order valence-corrected chi connectivity index (χ2v) is 7.21. The first-order valence-corrected chi connectivity index (χ1v) is 10.0. The number of amides is 1. The van der Waals surface area contributed by atoms with E-state index in [0.717, 1.165) is 32.7 Å². The van der Waals surface area contributed by atoms with Gasteiger partial charge in [-0.2, -0.15) is 0 Å². The minimum Gasteiger partial charge on any atom is -0.493 e. The van der Waals surface area contributed by atoms with E-state index in [1.807, 2.05) is 24.3 Å². The zero-order valence-electron chi connectivity index (χ0n) is 15.1. The standard InChI is InChI=1S/C20H26N2O3S/c1-2-11-25-18-7-4-3-6-16(18)20(23)21-15-17(19-8-5-14-26-19)22-9-12-24-13-10-22/h3-8,14,17H,2,9-13,15H2,1H3,(H,21,23)/t17-/m1/s1. The Bertz CT molecular complexity index is 684. The third-order valence-electron chi connectivity index (χ3n) is 4.41. The minimum absolute atomic E-state index is 0.0912. The molecule has 1 atom stereocenters. The number of thiophene rings is 1. The Kier molecular flexibility index (Phi) is 7.05. The average Bonchev–Trinajstić information content (AvgIpc) is 3.22. The third-order valence-corrected chi connectivity index (χ3v) is 5.38. The molecule has 0 radical (unpaired) electrons. The van der Waals surface area contributed by atoms with Crippen molar-refractivity contribution in [2.45, 2.75) is 19.4 Å². The van der Waals surface area contributed by atoms with Crippen LogP contribution in [-0.2, 0) is 4.74 Å². The Labute approximate surface area is 158 Å². The number of nitrogens with one attached hydrogen (secondary N) is 1. The Balaban J connectivity index is 1.68. The van der Waals surface area contributed by atoms with E-state index in [1.54, 1.807) is 11.3 Å². The maximum absolute atomic E-state index is 12.8. The number of carbonyl (C=O) groups excluding carboxylic acids is 1. The normalized spacial score (nSPS) is 16.2. The monoisotopic (exact) mass is 374 g/mol. The molecule has 140 valence electrons. The summed E-state index contributed by atoms with van der Waals surface area (Å²) in [6.45, 7) is 6.48. The molecule has 1 aliphatic rings. The highest BCUT2D eigenvalue weighted by Gasteiger charge is 2.24. The molecule has 1 aliphatic heterocycles.